The summed E-state index contributed by atoms with van der Waals surface area (Å²) in [5.41, 5.74) is 11.1. The first-order valence-corrected chi connectivity index (χ1v) is 6.50. The molecule has 1 aromatic heterocycles. The number of carbonyl (C=O) groups excluding carboxylic acids is 1. The average Bonchev–Trinajstić information content (AvgIpc) is 2.32. The van der Waals surface area contributed by atoms with Crippen molar-refractivity contribution in [3.8, 4) is 0 Å². The monoisotopic (exact) mass is 269 g/mol. The molecular formula is C16H19N3O. The van der Waals surface area contributed by atoms with Gasteiger partial charge in [0, 0.05) is 16.9 Å². The minimum Gasteiger partial charge on any atom is -0.384 e. The Balaban J connectivity index is 2.32. The van der Waals surface area contributed by atoms with Gasteiger partial charge in [-0.2, -0.15) is 0 Å². The number of nitrogens with two attached hydrogens (primary N) is 1. The van der Waals surface area contributed by atoms with Gasteiger partial charge < -0.3 is 11.1 Å². The molecule has 104 valence electrons. The predicted molar refractivity (Wildman–Crippen MR) is 82.0 cm³/mol. The SMILES string of the molecule is Cc1cc(C)c(NC(=O)c2cc(C)nc(N)c2)c(C)c1. The third-order valence-corrected chi connectivity index (χ3v) is 3.15. The number of hydrogen-bond acceptors (Lipinski definition) is 3. The van der Waals surface area contributed by atoms with Gasteiger partial charge in [-0.1, -0.05) is 17.7 Å². The summed E-state index contributed by atoms with van der Waals surface area (Å²) < 4.78 is 0. The topological polar surface area (TPSA) is 68.0 Å². The van der Waals surface area contributed by atoms with Crippen molar-refractivity contribution in [1.29, 1.82) is 0 Å². The molecule has 3 N–H and O–H groups in total. The lowest BCUT2D eigenvalue weighted by molar-refractivity contribution is 0.102. The van der Waals surface area contributed by atoms with Gasteiger partial charge in [0.25, 0.3) is 5.91 Å². The van der Waals surface area contributed by atoms with Crippen molar-refractivity contribution in [2.24, 2.45) is 0 Å². The second-order valence-electron chi connectivity index (χ2n) is 5.15. The fourth-order valence-corrected chi connectivity index (χ4v) is 2.39. The van der Waals surface area contributed by atoms with E-state index >= 15 is 0 Å². The summed E-state index contributed by atoms with van der Waals surface area (Å²) in [6.07, 6.45) is 0. The zero-order valence-corrected chi connectivity index (χ0v) is 12.2. The van der Waals surface area contributed by atoms with Gasteiger partial charge in [-0.3, -0.25) is 4.79 Å². The summed E-state index contributed by atoms with van der Waals surface area (Å²) in [5.74, 6) is 0.185. The van der Waals surface area contributed by atoms with Crippen molar-refractivity contribution in [3.63, 3.8) is 0 Å². The third-order valence-electron chi connectivity index (χ3n) is 3.15. The maximum atomic E-state index is 12.3. The van der Waals surface area contributed by atoms with Crippen LogP contribution in [-0.2, 0) is 0 Å². The molecule has 2 rings (SSSR count). The lowest BCUT2D eigenvalue weighted by atomic mass is 10.0. The number of rotatable bonds is 2. The number of benzene rings is 1. The quantitative estimate of drug-likeness (QED) is 0.880. The van der Waals surface area contributed by atoms with E-state index in [1.54, 1.807) is 12.1 Å². The summed E-state index contributed by atoms with van der Waals surface area (Å²) >= 11 is 0. The highest BCUT2D eigenvalue weighted by atomic mass is 16.1. The molecule has 0 saturated heterocycles. The number of carbonyl (C=O) groups is 1. The summed E-state index contributed by atoms with van der Waals surface area (Å²) in [5, 5.41) is 2.95. The highest BCUT2D eigenvalue weighted by Gasteiger charge is 2.11. The van der Waals surface area contributed by atoms with Gasteiger partial charge in [0.15, 0.2) is 0 Å². The van der Waals surface area contributed by atoms with E-state index in [9.17, 15) is 4.79 Å². The molecule has 1 amide bonds. The van der Waals surface area contributed by atoms with Gasteiger partial charge >= 0.3 is 0 Å². The fraction of sp³-hybridized carbons (Fsp3) is 0.250. The number of nitrogen functional groups attached to an aromatic ring is 1. The van der Waals surface area contributed by atoms with Crippen LogP contribution in [0.2, 0.25) is 0 Å². The van der Waals surface area contributed by atoms with E-state index in [4.69, 9.17) is 5.73 Å². The Kier molecular flexibility index (Phi) is 3.74. The fourth-order valence-electron chi connectivity index (χ4n) is 2.39. The number of aryl methyl sites for hydroxylation is 4. The second kappa shape index (κ2) is 5.33. The van der Waals surface area contributed by atoms with E-state index in [0.717, 1.165) is 22.5 Å². The molecule has 4 nitrogen and oxygen atoms in total. The summed E-state index contributed by atoms with van der Waals surface area (Å²) in [6.45, 7) is 7.83. The van der Waals surface area contributed by atoms with Gasteiger partial charge in [0.05, 0.1) is 0 Å². The van der Waals surface area contributed by atoms with E-state index in [1.807, 2.05) is 27.7 Å². The lowest BCUT2D eigenvalue weighted by Gasteiger charge is -2.13. The Morgan fingerprint density at radius 2 is 1.65 bits per heavy atom. The standard InChI is InChI=1S/C16H19N3O/c1-9-5-10(2)15(11(3)6-9)19-16(20)13-7-12(4)18-14(17)8-13/h5-8H,1-4H3,(H2,17,18)(H,19,20). The molecule has 4 heteroatoms. The molecule has 2 aromatic rings. The molecule has 0 aliphatic rings. The number of hydrogen-bond donors (Lipinski definition) is 2. The predicted octanol–water partition coefficient (Wildman–Crippen LogP) is 3.15. The van der Waals surface area contributed by atoms with Crippen LogP contribution >= 0.6 is 0 Å². The van der Waals surface area contributed by atoms with Gasteiger partial charge in [0.2, 0.25) is 0 Å². The van der Waals surface area contributed by atoms with E-state index in [-0.39, 0.29) is 5.91 Å². The molecule has 1 aromatic carbocycles. The van der Waals surface area contributed by atoms with Gasteiger partial charge in [-0.15, -0.1) is 0 Å². The number of pyridine rings is 1. The van der Waals surface area contributed by atoms with Crippen LogP contribution in [0.4, 0.5) is 11.5 Å². The van der Waals surface area contributed by atoms with E-state index in [2.05, 4.69) is 22.4 Å². The van der Waals surface area contributed by atoms with Crippen LogP contribution < -0.4 is 11.1 Å². The zero-order chi connectivity index (χ0) is 14.9. The molecule has 0 aliphatic carbocycles. The van der Waals surface area contributed by atoms with Crippen molar-refractivity contribution < 1.29 is 4.79 Å². The number of anilines is 2. The number of nitrogens with one attached hydrogen (secondary N) is 1. The molecular weight excluding hydrogens is 250 g/mol. The normalized spacial score (nSPS) is 10.4. The van der Waals surface area contributed by atoms with Gasteiger partial charge in [0.1, 0.15) is 5.82 Å². The smallest absolute Gasteiger partial charge is 0.255 e. The molecule has 0 saturated carbocycles. The van der Waals surface area contributed by atoms with E-state index < -0.39 is 0 Å². The number of amides is 1. The number of nitrogens with zero attached hydrogens (tertiary/aromatic N) is 1. The Hall–Kier alpha value is -2.36. The largest absolute Gasteiger partial charge is 0.384 e. The molecule has 0 radical (unpaired) electrons. The minimum absolute atomic E-state index is 0.169. The zero-order valence-electron chi connectivity index (χ0n) is 12.2. The lowest BCUT2D eigenvalue weighted by Crippen LogP contribution is -2.15. The highest BCUT2D eigenvalue weighted by Crippen LogP contribution is 2.22. The molecule has 20 heavy (non-hydrogen) atoms. The van der Waals surface area contributed by atoms with Crippen molar-refractivity contribution in [1.82, 2.24) is 4.98 Å². The van der Waals surface area contributed by atoms with Crippen LogP contribution in [0.3, 0.4) is 0 Å². The van der Waals surface area contributed by atoms with Crippen LogP contribution in [0, 0.1) is 27.7 Å². The second-order valence-corrected chi connectivity index (χ2v) is 5.15. The molecule has 0 unspecified atom stereocenters. The first-order valence-electron chi connectivity index (χ1n) is 6.50. The maximum Gasteiger partial charge on any atom is 0.255 e. The number of aromatic nitrogens is 1. The average molecular weight is 269 g/mol. The van der Waals surface area contributed by atoms with Crippen LogP contribution in [0.1, 0.15) is 32.7 Å². The molecule has 1 heterocycles. The summed E-state index contributed by atoms with van der Waals surface area (Å²) in [6, 6.07) is 7.41. The highest BCUT2D eigenvalue weighted by molar-refractivity contribution is 6.05. The summed E-state index contributed by atoms with van der Waals surface area (Å²) in [4.78, 5) is 16.4. The van der Waals surface area contributed by atoms with Crippen LogP contribution in [-0.4, -0.2) is 10.9 Å². The Labute approximate surface area is 119 Å². The first kappa shape index (κ1) is 14.1. The van der Waals surface area contributed by atoms with Crippen molar-refractivity contribution >= 4 is 17.4 Å². The van der Waals surface area contributed by atoms with Gasteiger partial charge in [-0.25, -0.2) is 4.98 Å². The van der Waals surface area contributed by atoms with Crippen molar-refractivity contribution in [3.05, 3.63) is 52.2 Å². The molecule has 0 bridgehead atoms. The molecule has 0 spiro atoms. The summed E-state index contributed by atoms with van der Waals surface area (Å²) in [7, 11) is 0. The van der Waals surface area contributed by atoms with Crippen LogP contribution in [0.5, 0.6) is 0 Å². The Morgan fingerprint density at radius 3 is 2.20 bits per heavy atom. The third kappa shape index (κ3) is 2.96. The van der Waals surface area contributed by atoms with Crippen LogP contribution in [0.15, 0.2) is 24.3 Å². The molecule has 0 atom stereocenters. The molecule has 0 fully saturated rings. The molecule has 0 aliphatic heterocycles. The minimum atomic E-state index is -0.169. The first-order chi connectivity index (χ1) is 9.36. The maximum absolute atomic E-state index is 12.3. The van der Waals surface area contributed by atoms with Crippen molar-refractivity contribution in [2.75, 3.05) is 11.1 Å². The Bertz CT molecular complexity index is 634. The van der Waals surface area contributed by atoms with E-state index in [0.29, 0.717) is 11.4 Å². The van der Waals surface area contributed by atoms with E-state index in [1.165, 1.54) is 5.56 Å². The van der Waals surface area contributed by atoms with Crippen LogP contribution in [0.25, 0.3) is 0 Å². The van der Waals surface area contributed by atoms with Crippen molar-refractivity contribution in [2.45, 2.75) is 27.7 Å². The Morgan fingerprint density at radius 1 is 1.05 bits per heavy atom. The van der Waals surface area contributed by atoms with Gasteiger partial charge in [-0.05, 0) is 51.0 Å².